The fourth-order valence-corrected chi connectivity index (χ4v) is 2.19. The summed E-state index contributed by atoms with van der Waals surface area (Å²) in [5.74, 6) is -1.24. The van der Waals surface area contributed by atoms with E-state index in [4.69, 9.17) is 9.84 Å². The van der Waals surface area contributed by atoms with Crippen molar-refractivity contribution in [1.82, 2.24) is 9.78 Å². The Balaban J connectivity index is 2.27. The number of amides is 1. The molecule has 0 spiro atoms. The Kier molecular flexibility index (Phi) is 4.64. The minimum atomic E-state index is -1.09. The third-order valence-corrected chi connectivity index (χ3v) is 3.57. The van der Waals surface area contributed by atoms with Crippen LogP contribution in [0.25, 0.3) is 0 Å². The van der Waals surface area contributed by atoms with Crippen LogP contribution in [0.3, 0.4) is 0 Å². The summed E-state index contributed by atoms with van der Waals surface area (Å²) in [6.45, 7) is 6.06. The highest BCUT2D eigenvalue weighted by Gasteiger charge is 2.22. The van der Waals surface area contributed by atoms with E-state index in [9.17, 15) is 9.59 Å². The van der Waals surface area contributed by atoms with Gasteiger partial charge in [0.25, 0.3) is 5.91 Å². The third-order valence-electron chi connectivity index (χ3n) is 3.57. The smallest absolute Gasteiger partial charge is 0.339 e. The highest BCUT2D eigenvalue weighted by atomic mass is 16.5. The molecule has 2 aromatic rings. The van der Waals surface area contributed by atoms with E-state index in [1.165, 1.54) is 30.0 Å². The van der Waals surface area contributed by atoms with Crippen LogP contribution < -0.4 is 10.1 Å². The Labute approximate surface area is 140 Å². The molecule has 2 rings (SSSR count). The summed E-state index contributed by atoms with van der Waals surface area (Å²) >= 11 is 0. The molecule has 0 saturated carbocycles. The van der Waals surface area contributed by atoms with Gasteiger partial charge >= 0.3 is 5.97 Å². The Morgan fingerprint density at radius 2 is 1.92 bits per heavy atom. The van der Waals surface area contributed by atoms with E-state index in [-0.39, 0.29) is 22.6 Å². The average Bonchev–Trinajstić information content (AvgIpc) is 2.89. The number of aryl methyl sites for hydroxylation is 1. The molecule has 1 amide bonds. The van der Waals surface area contributed by atoms with Crippen molar-refractivity contribution in [2.45, 2.75) is 26.2 Å². The topological polar surface area (TPSA) is 93.5 Å². The summed E-state index contributed by atoms with van der Waals surface area (Å²) in [5, 5.41) is 16.2. The zero-order valence-corrected chi connectivity index (χ0v) is 14.4. The van der Waals surface area contributed by atoms with Gasteiger partial charge in [-0.05, 0) is 18.2 Å². The van der Waals surface area contributed by atoms with E-state index in [2.05, 4.69) is 10.4 Å². The Morgan fingerprint density at radius 1 is 1.25 bits per heavy atom. The lowest BCUT2D eigenvalue weighted by atomic mass is 9.92. The van der Waals surface area contributed by atoms with E-state index in [1.807, 2.05) is 20.8 Å². The fraction of sp³-hybridized carbons (Fsp3) is 0.353. The number of rotatable bonds is 4. The van der Waals surface area contributed by atoms with Crippen LogP contribution in [-0.4, -0.2) is 33.9 Å². The van der Waals surface area contributed by atoms with E-state index in [0.717, 1.165) is 5.69 Å². The normalized spacial score (nSPS) is 11.2. The van der Waals surface area contributed by atoms with Gasteiger partial charge in [0.1, 0.15) is 17.0 Å². The first kappa shape index (κ1) is 17.5. The molecule has 0 saturated heterocycles. The van der Waals surface area contributed by atoms with Gasteiger partial charge in [-0.3, -0.25) is 9.48 Å². The molecule has 7 heteroatoms. The minimum Gasteiger partial charge on any atom is -0.496 e. The number of carboxylic acids is 1. The first-order valence-electron chi connectivity index (χ1n) is 7.40. The monoisotopic (exact) mass is 331 g/mol. The van der Waals surface area contributed by atoms with Crippen molar-refractivity contribution in [2.24, 2.45) is 7.05 Å². The number of benzene rings is 1. The van der Waals surface area contributed by atoms with Gasteiger partial charge in [0.15, 0.2) is 0 Å². The lowest BCUT2D eigenvalue weighted by molar-refractivity contribution is 0.0693. The molecular weight excluding hydrogens is 310 g/mol. The number of ether oxygens (including phenoxy) is 1. The maximum Gasteiger partial charge on any atom is 0.339 e. The molecule has 0 atom stereocenters. The van der Waals surface area contributed by atoms with Crippen molar-refractivity contribution < 1.29 is 19.4 Å². The van der Waals surface area contributed by atoms with Gasteiger partial charge < -0.3 is 15.2 Å². The lowest BCUT2D eigenvalue weighted by Crippen LogP contribution is -2.16. The molecule has 7 nitrogen and oxygen atoms in total. The largest absolute Gasteiger partial charge is 0.496 e. The summed E-state index contributed by atoms with van der Waals surface area (Å²) in [6.07, 6.45) is 0. The lowest BCUT2D eigenvalue weighted by Gasteiger charge is -2.13. The molecule has 0 aliphatic rings. The van der Waals surface area contributed by atoms with Crippen molar-refractivity contribution in [3.63, 3.8) is 0 Å². The minimum absolute atomic E-state index is 0.0334. The van der Waals surface area contributed by atoms with E-state index in [1.54, 1.807) is 13.1 Å². The third kappa shape index (κ3) is 3.56. The summed E-state index contributed by atoms with van der Waals surface area (Å²) < 4.78 is 6.58. The van der Waals surface area contributed by atoms with Crippen LogP contribution in [0.5, 0.6) is 5.75 Å². The van der Waals surface area contributed by atoms with Crippen molar-refractivity contribution in [2.75, 3.05) is 12.4 Å². The van der Waals surface area contributed by atoms with Crippen LogP contribution in [0, 0.1) is 0 Å². The summed E-state index contributed by atoms with van der Waals surface area (Å²) in [7, 11) is 3.09. The number of methoxy groups -OCH3 is 1. The molecule has 2 N–H and O–H groups in total. The number of hydrogen-bond donors (Lipinski definition) is 2. The molecule has 1 aromatic carbocycles. The molecule has 0 aliphatic carbocycles. The molecule has 0 aliphatic heterocycles. The summed E-state index contributed by atoms with van der Waals surface area (Å²) in [4.78, 5) is 23.6. The molecule has 128 valence electrons. The van der Waals surface area contributed by atoms with Crippen LogP contribution in [0.2, 0.25) is 0 Å². The van der Waals surface area contributed by atoms with Crippen LogP contribution >= 0.6 is 0 Å². The SMILES string of the molecule is COc1cc(NC(=O)c2cc(C(C)(C)C)nn2C)ccc1C(=O)O. The number of nitrogens with zero attached hydrogens (tertiary/aromatic N) is 2. The molecule has 0 radical (unpaired) electrons. The summed E-state index contributed by atoms with van der Waals surface area (Å²) in [5.41, 5.74) is 1.55. The Hall–Kier alpha value is -2.83. The van der Waals surface area contributed by atoms with Gasteiger partial charge in [-0.2, -0.15) is 5.10 Å². The van der Waals surface area contributed by atoms with Crippen molar-refractivity contribution >= 4 is 17.6 Å². The average molecular weight is 331 g/mol. The van der Waals surface area contributed by atoms with E-state index in [0.29, 0.717) is 11.4 Å². The summed E-state index contributed by atoms with van der Waals surface area (Å²) in [6, 6.07) is 6.13. The first-order valence-corrected chi connectivity index (χ1v) is 7.40. The standard InChI is InChI=1S/C17H21N3O4/c1-17(2,3)14-9-12(20(4)19-14)15(21)18-10-6-7-11(16(22)23)13(8-10)24-5/h6-9H,1-5H3,(H,18,21)(H,22,23). The number of aromatic carboxylic acids is 1. The maximum atomic E-state index is 12.5. The van der Waals surface area contributed by atoms with Crippen molar-refractivity contribution in [3.8, 4) is 5.75 Å². The van der Waals surface area contributed by atoms with Gasteiger partial charge in [0, 0.05) is 24.2 Å². The molecule has 24 heavy (non-hydrogen) atoms. The molecule has 1 heterocycles. The quantitative estimate of drug-likeness (QED) is 0.898. The van der Waals surface area contributed by atoms with Crippen LogP contribution in [0.4, 0.5) is 5.69 Å². The van der Waals surface area contributed by atoms with Crippen LogP contribution in [0.1, 0.15) is 47.3 Å². The molecular formula is C17H21N3O4. The predicted octanol–water partition coefficient (Wildman–Crippen LogP) is 2.68. The van der Waals surface area contributed by atoms with Gasteiger partial charge in [0.2, 0.25) is 0 Å². The van der Waals surface area contributed by atoms with Gasteiger partial charge in [-0.1, -0.05) is 20.8 Å². The van der Waals surface area contributed by atoms with E-state index >= 15 is 0 Å². The zero-order valence-electron chi connectivity index (χ0n) is 14.4. The Bertz CT molecular complexity index is 788. The molecule has 0 fully saturated rings. The second-order valence-electron chi connectivity index (χ2n) is 6.46. The van der Waals surface area contributed by atoms with Crippen molar-refractivity contribution in [3.05, 3.63) is 41.2 Å². The van der Waals surface area contributed by atoms with Gasteiger partial charge in [-0.15, -0.1) is 0 Å². The Morgan fingerprint density at radius 3 is 2.42 bits per heavy atom. The highest BCUT2D eigenvalue weighted by Crippen LogP contribution is 2.25. The first-order chi connectivity index (χ1) is 11.1. The molecule has 0 unspecified atom stereocenters. The number of aromatic nitrogens is 2. The fourth-order valence-electron chi connectivity index (χ4n) is 2.19. The number of hydrogen-bond acceptors (Lipinski definition) is 4. The molecule has 0 bridgehead atoms. The van der Waals surface area contributed by atoms with Gasteiger partial charge in [0.05, 0.1) is 12.8 Å². The molecule has 1 aromatic heterocycles. The number of carbonyl (C=O) groups excluding carboxylic acids is 1. The predicted molar refractivity (Wildman–Crippen MR) is 89.8 cm³/mol. The van der Waals surface area contributed by atoms with Crippen molar-refractivity contribution in [1.29, 1.82) is 0 Å². The number of carbonyl (C=O) groups is 2. The second-order valence-corrected chi connectivity index (χ2v) is 6.46. The number of carboxylic acid groups (broad SMARTS) is 1. The zero-order chi connectivity index (χ0) is 18.1. The van der Waals surface area contributed by atoms with Crippen LogP contribution in [-0.2, 0) is 12.5 Å². The van der Waals surface area contributed by atoms with Gasteiger partial charge in [-0.25, -0.2) is 4.79 Å². The maximum absolute atomic E-state index is 12.5. The second kappa shape index (κ2) is 6.35. The van der Waals surface area contributed by atoms with E-state index < -0.39 is 5.97 Å². The number of nitrogens with one attached hydrogen (secondary N) is 1. The van der Waals surface area contributed by atoms with Crippen LogP contribution in [0.15, 0.2) is 24.3 Å². The highest BCUT2D eigenvalue weighted by molar-refractivity contribution is 6.03. The number of anilines is 1.